The first-order chi connectivity index (χ1) is 10.1. The van der Waals surface area contributed by atoms with E-state index >= 15 is 0 Å². The first-order valence-corrected chi connectivity index (χ1v) is 6.43. The number of hydrogen-bond donors (Lipinski definition) is 2. The van der Waals surface area contributed by atoms with Crippen LogP contribution in [0.1, 0.15) is 24.8 Å². The van der Waals surface area contributed by atoms with Crippen molar-refractivity contribution in [3.05, 3.63) is 29.6 Å². The highest BCUT2D eigenvalue weighted by Crippen LogP contribution is 2.58. The lowest BCUT2D eigenvalue weighted by Crippen LogP contribution is -2.54. The summed E-state index contributed by atoms with van der Waals surface area (Å²) in [7, 11) is 1.17. The molecule has 22 heavy (non-hydrogen) atoms. The van der Waals surface area contributed by atoms with Gasteiger partial charge in [0.15, 0.2) is 11.6 Å². The third-order valence-corrected chi connectivity index (χ3v) is 4.01. The molecular weight excluding hydrogens is 308 g/mol. The largest absolute Gasteiger partial charge is 0.493 e. The molecule has 1 unspecified atom stereocenters. The van der Waals surface area contributed by atoms with E-state index in [2.05, 4.69) is 0 Å². The molecule has 0 heterocycles. The highest BCUT2D eigenvalue weighted by atomic mass is 19.4. The summed E-state index contributed by atoms with van der Waals surface area (Å²) in [5.74, 6) is -3.35. The number of carbonyl (C=O) groups is 1. The molecule has 1 fully saturated rings. The van der Waals surface area contributed by atoms with E-state index in [4.69, 9.17) is 9.84 Å². The number of aliphatic carboxylic acids is 1. The van der Waals surface area contributed by atoms with Crippen molar-refractivity contribution in [1.29, 1.82) is 0 Å². The molecule has 1 atom stereocenters. The van der Waals surface area contributed by atoms with E-state index in [-0.39, 0.29) is 24.2 Å². The number of carboxylic acid groups (broad SMARTS) is 1. The zero-order valence-corrected chi connectivity index (χ0v) is 11.6. The molecule has 2 rings (SSSR count). The normalized spacial score (nSPS) is 19.4. The van der Waals surface area contributed by atoms with Crippen molar-refractivity contribution < 1.29 is 37.3 Å². The van der Waals surface area contributed by atoms with E-state index in [0.717, 1.165) is 6.07 Å². The second-order valence-electron chi connectivity index (χ2n) is 5.44. The molecule has 1 saturated carbocycles. The van der Waals surface area contributed by atoms with Crippen LogP contribution in [0, 0.1) is 5.82 Å². The number of hydrogen-bond acceptors (Lipinski definition) is 3. The first kappa shape index (κ1) is 16.5. The molecule has 0 spiro atoms. The zero-order chi connectivity index (χ0) is 16.8. The Morgan fingerprint density at radius 1 is 1.36 bits per heavy atom. The van der Waals surface area contributed by atoms with E-state index in [1.807, 2.05) is 0 Å². The maximum absolute atomic E-state index is 13.7. The molecule has 0 aromatic heterocycles. The van der Waals surface area contributed by atoms with Gasteiger partial charge in [0, 0.05) is 17.4 Å². The Kier molecular flexibility index (Phi) is 3.85. The van der Waals surface area contributed by atoms with Gasteiger partial charge < -0.3 is 14.9 Å². The van der Waals surface area contributed by atoms with Crippen molar-refractivity contribution in [3.63, 3.8) is 0 Å². The molecule has 122 valence electrons. The Balaban J connectivity index is 2.45. The van der Waals surface area contributed by atoms with Crippen molar-refractivity contribution in [3.8, 4) is 5.75 Å². The van der Waals surface area contributed by atoms with Crippen LogP contribution in [0.25, 0.3) is 0 Å². The smallest absolute Gasteiger partial charge is 0.428 e. The molecule has 0 radical (unpaired) electrons. The van der Waals surface area contributed by atoms with Gasteiger partial charge >= 0.3 is 12.1 Å². The molecule has 0 bridgehead atoms. The van der Waals surface area contributed by atoms with Crippen LogP contribution in [0.3, 0.4) is 0 Å². The highest BCUT2D eigenvalue weighted by molar-refractivity contribution is 5.78. The molecule has 2 N–H and O–H groups in total. The monoisotopic (exact) mass is 322 g/mol. The van der Waals surface area contributed by atoms with Crippen LogP contribution in [-0.4, -0.2) is 35.1 Å². The Morgan fingerprint density at radius 2 is 1.95 bits per heavy atom. The minimum atomic E-state index is -5.34. The second kappa shape index (κ2) is 5.12. The van der Waals surface area contributed by atoms with E-state index in [9.17, 15) is 27.5 Å². The SMILES string of the molecule is COc1c(F)cccc1C1(CC(O)(C(=O)O)C(F)(F)F)CC1. The minimum Gasteiger partial charge on any atom is -0.493 e. The summed E-state index contributed by atoms with van der Waals surface area (Å²) in [6, 6.07) is 3.78. The zero-order valence-electron chi connectivity index (χ0n) is 11.6. The van der Waals surface area contributed by atoms with Crippen LogP contribution in [0.15, 0.2) is 18.2 Å². The third kappa shape index (κ3) is 2.51. The Bertz CT molecular complexity index is 595. The van der Waals surface area contributed by atoms with Crippen LogP contribution in [0.5, 0.6) is 5.75 Å². The van der Waals surface area contributed by atoms with Crippen LogP contribution < -0.4 is 4.74 Å². The van der Waals surface area contributed by atoms with E-state index in [1.165, 1.54) is 19.2 Å². The molecule has 1 aromatic carbocycles. The van der Waals surface area contributed by atoms with Crippen LogP contribution in [0.4, 0.5) is 17.6 Å². The summed E-state index contributed by atoms with van der Waals surface area (Å²) in [5, 5.41) is 18.4. The predicted molar refractivity (Wildman–Crippen MR) is 67.1 cm³/mol. The van der Waals surface area contributed by atoms with Gasteiger partial charge in [-0.15, -0.1) is 0 Å². The van der Waals surface area contributed by atoms with Crippen LogP contribution in [0.2, 0.25) is 0 Å². The van der Waals surface area contributed by atoms with Gasteiger partial charge in [0.2, 0.25) is 0 Å². The summed E-state index contributed by atoms with van der Waals surface area (Å²) < 4.78 is 57.4. The molecular formula is C14H14F4O4. The van der Waals surface area contributed by atoms with Crippen molar-refractivity contribution >= 4 is 5.97 Å². The van der Waals surface area contributed by atoms with E-state index in [0.29, 0.717) is 0 Å². The molecule has 4 nitrogen and oxygen atoms in total. The Morgan fingerprint density at radius 3 is 2.36 bits per heavy atom. The summed E-state index contributed by atoms with van der Waals surface area (Å²) in [4.78, 5) is 11.0. The maximum atomic E-state index is 13.7. The van der Waals surface area contributed by atoms with Crippen molar-refractivity contribution in [2.24, 2.45) is 0 Å². The fourth-order valence-electron chi connectivity index (χ4n) is 2.61. The van der Waals surface area contributed by atoms with Crippen LogP contribution in [-0.2, 0) is 10.2 Å². The molecule has 1 aliphatic rings. The lowest BCUT2D eigenvalue weighted by molar-refractivity contribution is -0.264. The van der Waals surface area contributed by atoms with E-state index < -0.39 is 35.4 Å². The number of benzene rings is 1. The lowest BCUT2D eigenvalue weighted by atomic mass is 9.82. The van der Waals surface area contributed by atoms with Gasteiger partial charge in [-0.2, -0.15) is 13.2 Å². The number of rotatable bonds is 5. The molecule has 1 aromatic rings. The van der Waals surface area contributed by atoms with Gasteiger partial charge in [-0.1, -0.05) is 12.1 Å². The lowest BCUT2D eigenvalue weighted by Gasteiger charge is -2.31. The molecule has 1 aliphatic carbocycles. The predicted octanol–water partition coefficient (Wildman–Crippen LogP) is 2.63. The quantitative estimate of drug-likeness (QED) is 0.818. The Labute approximate surface area is 123 Å². The fourth-order valence-corrected chi connectivity index (χ4v) is 2.61. The Hall–Kier alpha value is -1.83. The third-order valence-electron chi connectivity index (χ3n) is 4.01. The maximum Gasteiger partial charge on any atom is 0.428 e. The van der Waals surface area contributed by atoms with Crippen molar-refractivity contribution in [1.82, 2.24) is 0 Å². The first-order valence-electron chi connectivity index (χ1n) is 6.43. The molecule has 0 amide bonds. The number of aliphatic hydroxyl groups is 1. The summed E-state index contributed by atoms with van der Waals surface area (Å²) in [6.45, 7) is 0. The van der Waals surface area contributed by atoms with Gasteiger partial charge in [-0.3, -0.25) is 0 Å². The molecule has 0 saturated heterocycles. The van der Waals surface area contributed by atoms with Crippen LogP contribution >= 0.6 is 0 Å². The number of ether oxygens (including phenoxy) is 1. The summed E-state index contributed by atoms with van der Waals surface area (Å²) in [5.41, 5.74) is -5.02. The average Bonchev–Trinajstić information content (AvgIpc) is 3.17. The van der Waals surface area contributed by atoms with E-state index in [1.54, 1.807) is 0 Å². The van der Waals surface area contributed by atoms with Crippen molar-refractivity contribution in [2.75, 3.05) is 7.11 Å². The van der Waals surface area contributed by atoms with Gasteiger partial charge in [0.05, 0.1) is 7.11 Å². The van der Waals surface area contributed by atoms with Gasteiger partial charge in [-0.05, 0) is 18.9 Å². The number of alkyl halides is 3. The van der Waals surface area contributed by atoms with Gasteiger partial charge in [0.1, 0.15) is 0 Å². The topological polar surface area (TPSA) is 66.8 Å². The van der Waals surface area contributed by atoms with Gasteiger partial charge in [0.25, 0.3) is 5.60 Å². The average molecular weight is 322 g/mol. The second-order valence-corrected chi connectivity index (χ2v) is 5.44. The number of methoxy groups -OCH3 is 1. The summed E-state index contributed by atoms with van der Waals surface area (Å²) >= 11 is 0. The van der Waals surface area contributed by atoms with Crippen molar-refractivity contribution in [2.45, 2.75) is 36.5 Å². The number of para-hydroxylation sites is 1. The minimum absolute atomic E-state index is 0.138. The fraction of sp³-hybridized carbons (Fsp3) is 0.500. The highest BCUT2D eigenvalue weighted by Gasteiger charge is 2.65. The standard InChI is InChI=1S/C14H14F4O4/c1-22-10-8(3-2-4-9(10)15)12(5-6-12)7-13(21,11(19)20)14(16,17)18/h2-4,21H,5-7H2,1H3,(H,19,20). The molecule has 8 heteroatoms. The number of halogens is 4. The summed E-state index contributed by atoms with van der Waals surface area (Å²) in [6.07, 6.45) is -6.01. The number of carboxylic acids is 1. The van der Waals surface area contributed by atoms with Gasteiger partial charge in [-0.25, -0.2) is 9.18 Å². The molecule has 0 aliphatic heterocycles.